The summed E-state index contributed by atoms with van der Waals surface area (Å²) in [6, 6.07) is 11.1. The van der Waals surface area contributed by atoms with Crippen molar-refractivity contribution in [2.75, 3.05) is 0 Å². The second kappa shape index (κ2) is 4.06. The molecule has 0 bridgehead atoms. The zero-order valence-corrected chi connectivity index (χ0v) is 9.60. The van der Waals surface area contributed by atoms with E-state index in [4.69, 9.17) is 5.73 Å². The summed E-state index contributed by atoms with van der Waals surface area (Å²) in [5.74, 6) is 1.42. The van der Waals surface area contributed by atoms with Crippen molar-refractivity contribution >= 4 is 0 Å². The quantitative estimate of drug-likeness (QED) is 0.766. The highest BCUT2D eigenvalue weighted by atomic mass is 14.7. The fourth-order valence-corrected chi connectivity index (χ4v) is 2.97. The summed E-state index contributed by atoms with van der Waals surface area (Å²) in [7, 11) is 0. The van der Waals surface area contributed by atoms with E-state index in [0.29, 0.717) is 12.0 Å². The van der Waals surface area contributed by atoms with Crippen molar-refractivity contribution in [1.82, 2.24) is 0 Å². The Morgan fingerprint density at radius 3 is 2.69 bits per heavy atom. The summed E-state index contributed by atoms with van der Waals surface area (Å²) >= 11 is 0. The highest BCUT2D eigenvalue weighted by Crippen LogP contribution is 2.51. The largest absolute Gasteiger partial charge is 0.324 e. The molecule has 0 radical (unpaired) electrons. The second-order valence-corrected chi connectivity index (χ2v) is 5.11. The number of hydrogen-bond donors (Lipinski definition) is 1. The summed E-state index contributed by atoms with van der Waals surface area (Å²) in [6.45, 7) is 0. The molecule has 0 amide bonds. The van der Waals surface area contributed by atoms with Crippen LogP contribution in [0.15, 0.2) is 42.0 Å². The smallest absolute Gasteiger partial charge is 0.0288 e. The van der Waals surface area contributed by atoms with E-state index in [-0.39, 0.29) is 0 Å². The standard InChI is InChI=1S/C15H19N/c16-15(12-8-4-5-9-12)14-10-13(14)11-6-2-1-3-7-11/h1-3,6-8,13-15H,4-5,9-10,16H2. The fourth-order valence-electron chi connectivity index (χ4n) is 2.97. The minimum Gasteiger partial charge on any atom is -0.324 e. The lowest BCUT2D eigenvalue weighted by molar-refractivity contribution is 0.637. The fraction of sp³-hybridized carbons (Fsp3) is 0.467. The Hall–Kier alpha value is -1.08. The second-order valence-electron chi connectivity index (χ2n) is 5.11. The van der Waals surface area contributed by atoms with Crippen molar-refractivity contribution in [3.8, 4) is 0 Å². The third-order valence-corrected chi connectivity index (χ3v) is 4.03. The average molecular weight is 213 g/mol. The molecule has 0 aromatic heterocycles. The van der Waals surface area contributed by atoms with E-state index in [1.165, 1.54) is 36.8 Å². The van der Waals surface area contributed by atoms with Crippen LogP contribution in [0.5, 0.6) is 0 Å². The molecule has 2 N–H and O–H groups in total. The third-order valence-electron chi connectivity index (χ3n) is 4.03. The van der Waals surface area contributed by atoms with Crippen molar-refractivity contribution in [3.05, 3.63) is 47.5 Å². The SMILES string of the molecule is NC(C1=CCCC1)C1CC1c1ccccc1. The van der Waals surface area contributed by atoms with Crippen LogP contribution in [-0.2, 0) is 0 Å². The molecule has 0 heterocycles. The highest BCUT2D eigenvalue weighted by molar-refractivity contribution is 5.30. The van der Waals surface area contributed by atoms with Gasteiger partial charge in [0.05, 0.1) is 0 Å². The first-order chi connectivity index (χ1) is 7.86. The maximum Gasteiger partial charge on any atom is 0.0288 e. The topological polar surface area (TPSA) is 26.0 Å². The lowest BCUT2D eigenvalue weighted by Crippen LogP contribution is -2.25. The number of hydrogen-bond acceptors (Lipinski definition) is 1. The maximum absolute atomic E-state index is 6.34. The van der Waals surface area contributed by atoms with Crippen LogP contribution in [0.25, 0.3) is 0 Å². The van der Waals surface area contributed by atoms with Crippen LogP contribution >= 0.6 is 0 Å². The van der Waals surface area contributed by atoms with Crippen LogP contribution in [-0.4, -0.2) is 6.04 Å². The van der Waals surface area contributed by atoms with Gasteiger partial charge in [-0.3, -0.25) is 0 Å². The van der Waals surface area contributed by atoms with E-state index in [9.17, 15) is 0 Å². The molecule has 0 aliphatic heterocycles. The minimum absolute atomic E-state index is 0.327. The molecule has 1 nitrogen and oxygen atoms in total. The van der Waals surface area contributed by atoms with Gasteiger partial charge >= 0.3 is 0 Å². The molecule has 1 aromatic carbocycles. The van der Waals surface area contributed by atoms with Gasteiger partial charge in [0.25, 0.3) is 0 Å². The van der Waals surface area contributed by atoms with Crippen LogP contribution in [0.2, 0.25) is 0 Å². The Bertz CT molecular complexity index is 393. The zero-order valence-electron chi connectivity index (χ0n) is 9.60. The number of nitrogens with two attached hydrogens (primary N) is 1. The Morgan fingerprint density at radius 2 is 2.00 bits per heavy atom. The van der Waals surface area contributed by atoms with E-state index in [0.717, 1.165) is 5.92 Å². The van der Waals surface area contributed by atoms with E-state index >= 15 is 0 Å². The molecular formula is C15H19N. The summed E-state index contributed by atoms with van der Waals surface area (Å²) < 4.78 is 0. The van der Waals surface area contributed by atoms with Gasteiger partial charge in [-0.25, -0.2) is 0 Å². The first-order valence-corrected chi connectivity index (χ1v) is 6.36. The summed E-state index contributed by atoms with van der Waals surface area (Å²) in [6.07, 6.45) is 7.43. The van der Waals surface area contributed by atoms with Crippen LogP contribution in [0, 0.1) is 5.92 Å². The van der Waals surface area contributed by atoms with E-state index in [1.54, 1.807) is 0 Å². The van der Waals surface area contributed by atoms with Gasteiger partial charge in [0, 0.05) is 6.04 Å². The van der Waals surface area contributed by atoms with Gasteiger partial charge in [-0.05, 0) is 43.1 Å². The predicted octanol–water partition coefficient (Wildman–Crippen LogP) is 3.23. The van der Waals surface area contributed by atoms with Crippen molar-refractivity contribution < 1.29 is 0 Å². The average Bonchev–Trinajstić information content (AvgIpc) is 2.95. The molecule has 84 valence electrons. The van der Waals surface area contributed by atoms with Crippen molar-refractivity contribution in [2.45, 2.75) is 37.6 Å². The summed E-state index contributed by atoms with van der Waals surface area (Å²) in [5, 5.41) is 0. The van der Waals surface area contributed by atoms with Gasteiger partial charge < -0.3 is 5.73 Å². The lowest BCUT2D eigenvalue weighted by Gasteiger charge is -2.12. The molecule has 0 spiro atoms. The molecule has 3 unspecified atom stereocenters. The van der Waals surface area contributed by atoms with Crippen LogP contribution in [0.3, 0.4) is 0 Å². The molecule has 2 aliphatic rings. The Balaban J connectivity index is 1.67. The molecule has 1 aromatic rings. The predicted molar refractivity (Wildman–Crippen MR) is 67.2 cm³/mol. The molecule has 0 saturated heterocycles. The van der Waals surface area contributed by atoms with Gasteiger partial charge in [-0.2, -0.15) is 0 Å². The third kappa shape index (κ3) is 1.80. The zero-order chi connectivity index (χ0) is 11.0. The Morgan fingerprint density at radius 1 is 1.19 bits per heavy atom. The van der Waals surface area contributed by atoms with E-state index < -0.39 is 0 Å². The molecular weight excluding hydrogens is 194 g/mol. The molecule has 2 aliphatic carbocycles. The minimum atomic E-state index is 0.327. The molecule has 3 atom stereocenters. The molecule has 1 fully saturated rings. The Kier molecular flexibility index (Phi) is 2.56. The first-order valence-electron chi connectivity index (χ1n) is 6.36. The van der Waals surface area contributed by atoms with E-state index in [2.05, 4.69) is 36.4 Å². The number of allylic oxidation sites excluding steroid dienone is 1. The van der Waals surface area contributed by atoms with Crippen LogP contribution in [0.4, 0.5) is 0 Å². The molecule has 16 heavy (non-hydrogen) atoms. The van der Waals surface area contributed by atoms with Crippen LogP contribution < -0.4 is 5.73 Å². The first kappa shape index (κ1) is 10.1. The van der Waals surface area contributed by atoms with Gasteiger partial charge in [0.15, 0.2) is 0 Å². The van der Waals surface area contributed by atoms with E-state index in [1.807, 2.05) is 0 Å². The van der Waals surface area contributed by atoms with Gasteiger partial charge in [0.2, 0.25) is 0 Å². The van der Waals surface area contributed by atoms with Gasteiger partial charge in [-0.1, -0.05) is 42.0 Å². The van der Waals surface area contributed by atoms with Crippen molar-refractivity contribution in [3.63, 3.8) is 0 Å². The molecule has 1 saturated carbocycles. The van der Waals surface area contributed by atoms with Crippen molar-refractivity contribution in [2.24, 2.45) is 11.7 Å². The normalized spacial score (nSPS) is 29.9. The van der Waals surface area contributed by atoms with Crippen molar-refractivity contribution in [1.29, 1.82) is 0 Å². The molecule has 1 heteroatoms. The maximum atomic E-state index is 6.34. The molecule has 3 rings (SSSR count). The van der Waals surface area contributed by atoms with Crippen LogP contribution in [0.1, 0.15) is 37.2 Å². The number of benzene rings is 1. The summed E-state index contributed by atoms with van der Waals surface area (Å²) in [4.78, 5) is 0. The monoisotopic (exact) mass is 213 g/mol. The van der Waals surface area contributed by atoms with Gasteiger partial charge in [-0.15, -0.1) is 0 Å². The number of rotatable bonds is 3. The summed E-state index contributed by atoms with van der Waals surface area (Å²) in [5.41, 5.74) is 9.33. The van der Waals surface area contributed by atoms with Gasteiger partial charge in [0.1, 0.15) is 0 Å². The lowest BCUT2D eigenvalue weighted by atomic mass is 9.99. The highest BCUT2D eigenvalue weighted by Gasteiger charge is 2.43. The Labute approximate surface area is 97.4 Å².